The van der Waals surface area contributed by atoms with Crippen LogP contribution in [0.3, 0.4) is 0 Å². The molecule has 190 valence electrons. The molecule has 0 amide bonds. The van der Waals surface area contributed by atoms with Gasteiger partial charge in [0.15, 0.2) is 17.3 Å². The summed E-state index contributed by atoms with van der Waals surface area (Å²) in [6.07, 6.45) is 0.453. The van der Waals surface area contributed by atoms with Gasteiger partial charge in [-0.05, 0) is 43.9 Å². The molecule has 0 unspecified atom stereocenters. The predicted molar refractivity (Wildman–Crippen MR) is 127 cm³/mol. The van der Waals surface area contributed by atoms with E-state index in [0.29, 0.717) is 47.1 Å². The molecule has 1 aromatic carbocycles. The zero-order valence-electron chi connectivity index (χ0n) is 21.1. The van der Waals surface area contributed by atoms with Gasteiger partial charge in [0.25, 0.3) is 0 Å². The summed E-state index contributed by atoms with van der Waals surface area (Å²) in [6, 6.07) is 5.29. The maximum absolute atomic E-state index is 13.8. The molecule has 3 atom stereocenters. The number of dihydropyridines is 1. The van der Waals surface area contributed by atoms with Gasteiger partial charge in [0.2, 0.25) is 0 Å². The van der Waals surface area contributed by atoms with Crippen LogP contribution in [0.2, 0.25) is 0 Å². The molecule has 9 heteroatoms. The normalized spacial score (nSPS) is 21.8. The largest absolute Gasteiger partial charge is 0.493 e. The Morgan fingerprint density at radius 3 is 2.49 bits per heavy atom. The highest BCUT2D eigenvalue weighted by Crippen LogP contribution is 2.46. The Labute approximate surface area is 205 Å². The second-order valence-electron chi connectivity index (χ2n) is 8.51. The summed E-state index contributed by atoms with van der Waals surface area (Å²) in [4.78, 5) is 39.6. The van der Waals surface area contributed by atoms with Gasteiger partial charge < -0.3 is 29.0 Å². The molecule has 0 saturated carbocycles. The molecule has 2 aliphatic rings. The van der Waals surface area contributed by atoms with Crippen molar-refractivity contribution in [3.05, 3.63) is 46.3 Å². The number of Topliss-reactive ketones (excluding diaryl/α,β-unsaturated/α-hetero) is 1. The minimum absolute atomic E-state index is 0.0626. The molecule has 35 heavy (non-hydrogen) atoms. The summed E-state index contributed by atoms with van der Waals surface area (Å²) in [7, 11) is 4.31. The number of rotatable bonds is 9. The maximum Gasteiger partial charge on any atom is 0.336 e. The molecular formula is C26H33NO8. The molecule has 0 bridgehead atoms. The van der Waals surface area contributed by atoms with Crippen LogP contribution >= 0.6 is 0 Å². The van der Waals surface area contributed by atoms with Crippen LogP contribution in [0.5, 0.6) is 11.5 Å². The molecule has 1 aromatic rings. The Balaban J connectivity index is 2.17. The van der Waals surface area contributed by atoms with Gasteiger partial charge in [-0.25, -0.2) is 4.79 Å². The first-order chi connectivity index (χ1) is 16.8. The third kappa shape index (κ3) is 5.19. The Kier molecular flexibility index (Phi) is 8.56. The van der Waals surface area contributed by atoms with E-state index in [0.717, 1.165) is 0 Å². The topological polar surface area (TPSA) is 109 Å². The number of allylic oxidation sites excluding steroid dienone is 3. The number of hydrogen-bond acceptors (Lipinski definition) is 9. The number of ether oxygens (including phenoxy) is 5. The molecule has 0 aromatic heterocycles. The highest BCUT2D eigenvalue weighted by Gasteiger charge is 2.47. The van der Waals surface area contributed by atoms with Crippen molar-refractivity contribution in [2.75, 3.05) is 41.2 Å². The lowest BCUT2D eigenvalue weighted by molar-refractivity contribution is -0.151. The summed E-state index contributed by atoms with van der Waals surface area (Å²) in [5.74, 6) is -2.51. The van der Waals surface area contributed by atoms with Crippen LogP contribution in [0.1, 0.15) is 38.7 Å². The Morgan fingerprint density at radius 2 is 1.86 bits per heavy atom. The number of carbonyl (C=O) groups is 3. The number of hydrogen-bond donors (Lipinski definition) is 1. The molecule has 1 heterocycles. The van der Waals surface area contributed by atoms with Crippen molar-refractivity contribution in [1.82, 2.24) is 5.32 Å². The fourth-order valence-corrected chi connectivity index (χ4v) is 4.72. The van der Waals surface area contributed by atoms with Crippen molar-refractivity contribution in [3.63, 3.8) is 0 Å². The van der Waals surface area contributed by atoms with Crippen LogP contribution in [0.15, 0.2) is 40.7 Å². The van der Waals surface area contributed by atoms with Crippen LogP contribution in [0.25, 0.3) is 0 Å². The molecule has 3 rings (SSSR count). The average molecular weight is 488 g/mol. The van der Waals surface area contributed by atoms with Gasteiger partial charge in [0.05, 0.1) is 33.0 Å². The minimum atomic E-state index is -0.961. The van der Waals surface area contributed by atoms with Crippen molar-refractivity contribution >= 4 is 17.7 Å². The lowest BCUT2D eigenvalue weighted by atomic mass is 9.69. The zero-order chi connectivity index (χ0) is 25.7. The average Bonchev–Trinajstić information content (AvgIpc) is 2.83. The first-order valence-corrected chi connectivity index (χ1v) is 11.6. The van der Waals surface area contributed by atoms with Gasteiger partial charge in [0.1, 0.15) is 12.5 Å². The Hall–Kier alpha value is -3.33. The fourth-order valence-electron chi connectivity index (χ4n) is 4.72. The maximum atomic E-state index is 13.8. The number of esters is 2. The van der Waals surface area contributed by atoms with Crippen LogP contribution in [-0.4, -0.2) is 58.9 Å². The van der Waals surface area contributed by atoms with E-state index in [-0.39, 0.29) is 30.5 Å². The molecule has 0 fully saturated rings. The summed E-state index contributed by atoms with van der Waals surface area (Å²) in [5.41, 5.74) is 2.56. The summed E-state index contributed by atoms with van der Waals surface area (Å²) >= 11 is 0. The summed E-state index contributed by atoms with van der Waals surface area (Å²) in [5, 5.41) is 3.24. The Bertz CT molecular complexity index is 1060. The molecule has 0 spiro atoms. The van der Waals surface area contributed by atoms with Crippen molar-refractivity contribution in [3.8, 4) is 11.5 Å². The van der Waals surface area contributed by atoms with Crippen LogP contribution in [0, 0.1) is 11.8 Å². The molecular weight excluding hydrogens is 454 g/mol. The van der Waals surface area contributed by atoms with Crippen molar-refractivity contribution in [2.24, 2.45) is 11.8 Å². The SMILES string of the molecule is CCOc1ccc([C@H]2C(C(=O)OCCOC)=C(C)NC3=C2C(=O)[C@@H](C(=O)OC)[C@@H](C)C3)cc1OC. The smallest absolute Gasteiger partial charge is 0.336 e. The third-order valence-corrected chi connectivity index (χ3v) is 6.30. The second kappa shape index (κ2) is 11.4. The fraction of sp³-hybridized carbons (Fsp3) is 0.500. The van der Waals surface area contributed by atoms with E-state index in [9.17, 15) is 14.4 Å². The van der Waals surface area contributed by atoms with Crippen molar-refractivity contribution in [1.29, 1.82) is 0 Å². The van der Waals surface area contributed by atoms with Crippen molar-refractivity contribution in [2.45, 2.75) is 33.1 Å². The van der Waals surface area contributed by atoms with Crippen LogP contribution in [-0.2, 0) is 28.6 Å². The van der Waals surface area contributed by atoms with E-state index in [1.165, 1.54) is 21.3 Å². The summed E-state index contributed by atoms with van der Waals surface area (Å²) in [6.45, 7) is 6.23. The number of carbonyl (C=O) groups excluding carboxylic acids is 3. The predicted octanol–water partition coefficient (Wildman–Crippen LogP) is 2.90. The molecule has 0 radical (unpaired) electrons. The van der Waals surface area contributed by atoms with Gasteiger partial charge in [-0.15, -0.1) is 0 Å². The van der Waals surface area contributed by atoms with E-state index >= 15 is 0 Å². The molecule has 1 aliphatic heterocycles. The van der Waals surface area contributed by atoms with Crippen LogP contribution < -0.4 is 14.8 Å². The lowest BCUT2D eigenvalue weighted by Gasteiger charge is -2.38. The molecule has 1 N–H and O–H groups in total. The zero-order valence-corrected chi connectivity index (χ0v) is 21.1. The first kappa shape index (κ1) is 26.3. The third-order valence-electron chi connectivity index (χ3n) is 6.30. The first-order valence-electron chi connectivity index (χ1n) is 11.6. The molecule has 9 nitrogen and oxygen atoms in total. The van der Waals surface area contributed by atoms with E-state index in [1.54, 1.807) is 25.1 Å². The number of nitrogens with one attached hydrogen (secondary N) is 1. The lowest BCUT2D eigenvalue weighted by Crippen LogP contribution is -2.43. The van der Waals surface area contributed by atoms with Crippen molar-refractivity contribution < 1.29 is 38.1 Å². The van der Waals surface area contributed by atoms with E-state index in [1.807, 2.05) is 13.8 Å². The standard InChI is InChI=1S/C26H33NO8/c1-7-34-18-9-8-16(13-19(18)32-5)22-21(26(30)35-11-10-31-4)15(3)27-17-12-14(2)20(25(29)33-6)24(28)23(17)22/h8-9,13-14,20,22,27H,7,10-12H2,1-6H3/t14-,20-,22-/m0/s1. The highest BCUT2D eigenvalue weighted by molar-refractivity contribution is 6.12. The molecule has 1 aliphatic carbocycles. The van der Waals surface area contributed by atoms with Gasteiger partial charge in [0, 0.05) is 30.0 Å². The summed E-state index contributed by atoms with van der Waals surface area (Å²) < 4.78 is 26.5. The van der Waals surface area contributed by atoms with Gasteiger partial charge in [-0.1, -0.05) is 13.0 Å². The van der Waals surface area contributed by atoms with Gasteiger partial charge >= 0.3 is 11.9 Å². The number of benzene rings is 1. The molecule has 0 saturated heterocycles. The van der Waals surface area contributed by atoms with Crippen LogP contribution in [0.4, 0.5) is 0 Å². The number of methoxy groups -OCH3 is 3. The highest BCUT2D eigenvalue weighted by atomic mass is 16.6. The monoisotopic (exact) mass is 487 g/mol. The van der Waals surface area contributed by atoms with E-state index in [2.05, 4.69) is 5.32 Å². The second-order valence-corrected chi connectivity index (χ2v) is 8.51. The minimum Gasteiger partial charge on any atom is -0.493 e. The van der Waals surface area contributed by atoms with Gasteiger partial charge in [-0.2, -0.15) is 0 Å². The number of ketones is 1. The van der Waals surface area contributed by atoms with E-state index < -0.39 is 23.8 Å². The van der Waals surface area contributed by atoms with E-state index in [4.69, 9.17) is 23.7 Å². The quantitative estimate of drug-likeness (QED) is 0.319. The Morgan fingerprint density at radius 1 is 1.11 bits per heavy atom. The van der Waals surface area contributed by atoms with Gasteiger partial charge in [-0.3, -0.25) is 9.59 Å².